The quantitative estimate of drug-likeness (QED) is 0.869. The van der Waals surface area contributed by atoms with Gasteiger partial charge >= 0.3 is 5.97 Å². The van der Waals surface area contributed by atoms with Gasteiger partial charge in [-0.2, -0.15) is 0 Å². The molecule has 0 saturated carbocycles. The molecular weight excluding hydrogens is 320 g/mol. The standard InChI is InChI=1S/C15H15BrN2O2/c1-10-3-5-13(6-4-10)18-14(15(19)20-2)11-7-12(16)9-17-8-11/h3-9,14,18H,1-2H3. The number of carbonyl (C=O) groups excluding carboxylic acids is 1. The van der Waals surface area contributed by atoms with Gasteiger partial charge in [-0.05, 0) is 41.1 Å². The highest BCUT2D eigenvalue weighted by Crippen LogP contribution is 2.23. The molecule has 0 aliphatic carbocycles. The van der Waals surface area contributed by atoms with Crippen LogP contribution in [0, 0.1) is 6.92 Å². The summed E-state index contributed by atoms with van der Waals surface area (Å²) in [7, 11) is 1.37. The van der Waals surface area contributed by atoms with Gasteiger partial charge in [-0.15, -0.1) is 0 Å². The molecule has 1 aromatic carbocycles. The molecule has 0 spiro atoms. The van der Waals surface area contributed by atoms with E-state index in [1.54, 1.807) is 12.4 Å². The summed E-state index contributed by atoms with van der Waals surface area (Å²) in [6.45, 7) is 2.01. The van der Waals surface area contributed by atoms with Gasteiger partial charge in [0.1, 0.15) is 0 Å². The smallest absolute Gasteiger partial charge is 0.333 e. The molecule has 1 atom stereocenters. The Labute approximate surface area is 126 Å². The molecule has 1 aromatic heterocycles. The summed E-state index contributed by atoms with van der Waals surface area (Å²) in [4.78, 5) is 16.1. The van der Waals surface area contributed by atoms with E-state index in [1.165, 1.54) is 7.11 Å². The van der Waals surface area contributed by atoms with Gasteiger partial charge in [-0.3, -0.25) is 4.98 Å². The van der Waals surface area contributed by atoms with E-state index in [0.29, 0.717) is 0 Å². The van der Waals surface area contributed by atoms with Crippen LogP contribution in [0.15, 0.2) is 47.2 Å². The fourth-order valence-corrected chi connectivity index (χ4v) is 2.18. The number of hydrogen-bond donors (Lipinski definition) is 1. The largest absolute Gasteiger partial charge is 0.467 e. The molecule has 0 amide bonds. The summed E-state index contributed by atoms with van der Waals surface area (Å²) in [5.41, 5.74) is 2.76. The summed E-state index contributed by atoms with van der Waals surface area (Å²) < 4.78 is 5.67. The van der Waals surface area contributed by atoms with Crippen molar-refractivity contribution in [2.24, 2.45) is 0 Å². The summed E-state index contributed by atoms with van der Waals surface area (Å²) >= 11 is 3.35. The molecule has 0 radical (unpaired) electrons. The first-order valence-electron chi connectivity index (χ1n) is 6.11. The van der Waals surface area contributed by atoms with Gasteiger partial charge in [0.15, 0.2) is 6.04 Å². The Morgan fingerprint density at radius 1 is 1.30 bits per heavy atom. The van der Waals surface area contributed by atoms with E-state index in [2.05, 4.69) is 26.2 Å². The molecule has 20 heavy (non-hydrogen) atoms. The van der Waals surface area contributed by atoms with Crippen LogP contribution in [0.2, 0.25) is 0 Å². The maximum atomic E-state index is 12.0. The average molecular weight is 335 g/mol. The lowest BCUT2D eigenvalue weighted by Gasteiger charge is -2.18. The lowest BCUT2D eigenvalue weighted by Crippen LogP contribution is -2.22. The van der Waals surface area contributed by atoms with Crippen LogP contribution in [0.1, 0.15) is 17.2 Å². The molecule has 0 saturated heterocycles. The maximum Gasteiger partial charge on any atom is 0.333 e. The first-order chi connectivity index (χ1) is 9.60. The number of nitrogens with one attached hydrogen (secondary N) is 1. The zero-order valence-electron chi connectivity index (χ0n) is 11.3. The van der Waals surface area contributed by atoms with Gasteiger partial charge in [0.2, 0.25) is 0 Å². The highest BCUT2D eigenvalue weighted by atomic mass is 79.9. The Balaban J connectivity index is 2.28. The van der Waals surface area contributed by atoms with E-state index in [-0.39, 0.29) is 5.97 Å². The van der Waals surface area contributed by atoms with Gasteiger partial charge in [-0.25, -0.2) is 4.79 Å². The van der Waals surface area contributed by atoms with Crippen LogP contribution in [-0.2, 0) is 9.53 Å². The minimum Gasteiger partial charge on any atom is -0.467 e. The predicted octanol–water partition coefficient (Wildman–Crippen LogP) is 3.48. The van der Waals surface area contributed by atoms with E-state index < -0.39 is 6.04 Å². The Kier molecular flexibility index (Phi) is 4.74. The van der Waals surface area contributed by atoms with Gasteiger partial charge in [0.05, 0.1) is 7.11 Å². The van der Waals surface area contributed by atoms with E-state index in [4.69, 9.17) is 4.74 Å². The van der Waals surface area contributed by atoms with E-state index >= 15 is 0 Å². The van der Waals surface area contributed by atoms with Gasteiger partial charge in [-0.1, -0.05) is 17.7 Å². The summed E-state index contributed by atoms with van der Waals surface area (Å²) in [6.07, 6.45) is 3.32. The van der Waals surface area contributed by atoms with E-state index in [1.807, 2.05) is 37.3 Å². The number of aryl methyl sites for hydroxylation is 1. The summed E-state index contributed by atoms with van der Waals surface area (Å²) in [5.74, 6) is -0.356. The van der Waals surface area contributed by atoms with Gasteiger partial charge in [0.25, 0.3) is 0 Å². The molecule has 2 rings (SSSR count). The zero-order chi connectivity index (χ0) is 14.5. The Bertz CT molecular complexity index is 599. The third-order valence-corrected chi connectivity index (χ3v) is 3.29. The van der Waals surface area contributed by atoms with Gasteiger partial charge in [0, 0.05) is 28.1 Å². The van der Waals surface area contributed by atoms with E-state index in [0.717, 1.165) is 21.3 Å². The average Bonchev–Trinajstić information content (AvgIpc) is 2.46. The van der Waals surface area contributed by atoms with Crippen molar-refractivity contribution in [1.82, 2.24) is 4.98 Å². The Hall–Kier alpha value is -1.88. The highest BCUT2D eigenvalue weighted by Gasteiger charge is 2.21. The van der Waals surface area contributed by atoms with Crippen molar-refractivity contribution >= 4 is 27.6 Å². The number of carbonyl (C=O) groups is 1. The molecule has 0 fully saturated rings. The number of pyridine rings is 1. The van der Waals surface area contributed by atoms with Crippen molar-refractivity contribution < 1.29 is 9.53 Å². The zero-order valence-corrected chi connectivity index (χ0v) is 12.8. The number of ether oxygens (including phenoxy) is 1. The fraction of sp³-hybridized carbons (Fsp3) is 0.200. The molecule has 1 heterocycles. The van der Waals surface area contributed by atoms with Crippen LogP contribution >= 0.6 is 15.9 Å². The number of esters is 1. The van der Waals surface area contributed by atoms with Crippen molar-refractivity contribution in [3.8, 4) is 0 Å². The van der Waals surface area contributed by atoms with Crippen LogP contribution in [0.3, 0.4) is 0 Å². The van der Waals surface area contributed by atoms with Crippen LogP contribution < -0.4 is 5.32 Å². The van der Waals surface area contributed by atoms with E-state index in [9.17, 15) is 4.79 Å². The minimum absolute atomic E-state index is 0.356. The second-order valence-electron chi connectivity index (χ2n) is 4.40. The number of hydrogen-bond acceptors (Lipinski definition) is 4. The number of methoxy groups -OCH3 is 1. The number of anilines is 1. The van der Waals surface area contributed by atoms with Crippen LogP contribution in [0.25, 0.3) is 0 Å². The molecule has 0 aliphatic heterocycles. The Morgan fingerprint density at radius 3 is 2.60 bits per heavy atom. The van der Waals surface area contributed by atoms with Crippen molar-refractivity contribution in [3.05, 3.63) is 58.3 Å². The molecular formula is C15H15BrN2O2. The molecule has 0 bridgehead atoms. The molecule has 0 aliphatic rings. The van der Waals surface area contributed by atoms with Crippen LogP contribution in [-0.4, -0.2) is 18.1 Å². The fourth-order valence-electron chi connectivity index (χ4n) is 1.80. The predicted molar refractivity (Wildman–Crippen MR) is 81.5 cm³/mol. The molecule has 5 heteroatoms. The third-order valence-electron chi connectivity index (χ3n) is 2.86. The SMILES string of the molecule is COC(=O)C(Nc1ccc(C)cc1)c1cncc(Br)c1. The first-order valence-corrected chi connectivity index (χ1v) is 6.91. The van der Waals surface area contributed by atoms with Gasteiger partial charge < -0.3 is 10.1 Å². The van der Waals surface area contributed by atoms with Crippen molar-refractivity contribution in [1.29, 1.82) is 0 Å². The van der Waals surface area contributed by atoms with Crippen molar-refractivity contribution in [2.75, 3.05) is 12.4 Å². The number of rotatable bonds is 4. The van der Waals surface area contributed by atoms with Crippen molar-refractivity contribution in [2.45, 2.75) is 13.0 Å². The summed E-state index contributed by atoms with van der Waals surface area (Å²) in [6, 6.07) is 9.07. The molecule has 4 nitrogen and oxygen atoms in total. The Morgan fingerprint density at radius 2 is 2.00 bits per heavy atom. The number of aromatic nitrogens is 1. The lowest BCUT2D eigenvalue weighted by atomic mass is 10.1. The normalized spacial score (nSPS) is 11.8. The maximum absolute atomic E-state index is 12.0. The molecule has 104 valence electrons. The minimum atomic E-state index is -0.590. The number of nitrogens with zero attached hydrogens (tertiary/aromatic N) is 1. The number of halogens is 1. The highest BCUT2D eigenvalue weighted by molar-refractivity contribution is 9.10. The monoisotopic (exact) mass is 334 g/mol. The molecule has 1 N–H and O–H groups in total. The number of benzene rings is 1. The second kappa shape index (κ2) is 6.52. The van der Waals surface area contributed by atoms with Crippen LogP contribution in [0.5, 0.6) is 0 Å². The molecule has 2 aromatic rings. The van der Waals surface area contributed by atoms with Crippen LogP contribution in [0.4, 0.5) is 5.69 Å². The second-order valence-corrected chi connectivity index (χ2v) is 5.32. The summed E-state index contributed by atoms with van der Waals surface area (Å²) in [5, 5.41) is 3.17. The topological polar surface area (TPSA) is 51.2 Å². The third kappa shape index (κ3) is 3.57. The van der Waals surface area contributed by atoms with Crippen molar-refractivity contribution in [3.63, 3.8) is 0 Å². The molecule has 1 unspecified atom stereocenters. The lowest BCUT2D eigenvalue weighted by molar-refractivity contribution is -0.141. The first kappa shape index (κ1) is 14.5.